The maximum absolute atomic E-state index is 12.9. The van der Waals surface area contributed by atoms with Crippen molar-refractivity contribution in [2.75, 3.05) is 5.32 Å². The Labute approximate surface area is 161 Å². The number of aromatic amines is 1. The average Bonchev–Trinajstić information content (AvgIpc) is 3.24. The number of benzene rings is 1. The smallest absolute Gasteiger partial charge is 0.303 e. The number of nitrogens with zero attached hydrogens (tertiary/aromatic N) is 4. The number of anilines is 1. The summed E-state index contributed by atoms with van der Waals surface area (Å²) in [6, 6.07) is 5.98. The van der Waals surface area contributed by atoms with Gasteiger partial charge in [0.05, 0.1) is 16.2 Å². The number of carbonyl (C=O) groups excluding carboxylic acids is 1. The topological polar surface area (TPSA) is 119 Å². The minimum absolute atomic E-state index is 0.0141. The predicted molar refractivity (Wildman–Crippen MR) is 95.9 cm³/mol. The SMILES string of the molecule is CCc1[nH]nc(C(=O)Nc2cc(C)n(-c3cccc(C(F)(F)F)c3)n2)c1[N+](=O)[O-]. The highest BCUT2D eigenvalue weighted by Gasteiger charge is 2.31. The Hall–Kier alpha value is -3.70. The van der Waals surface area contributed by atoms with Gasteiger partial charge in [0, 0.05) is 11.8 Å². The number of rotatable bonds is 5. The summed E-state index contributed by atoms with van der Waals surface area (Å²) in [5.41, 5.74) is -0.875. The molecule has 3 rings (SSSR count). The van der Waals surface area contributed by atoms with Crippen LogP contribution in [0.3, 0.4) is 0 Å². The van der Waals surface area contributed by atoms with Crippen LogP contribution < -0.4 is 5.32 Å². The zero-order chi connectivity index (χ0) is 21.3. The highest BCUT2D eigenvalue weighted by molar-refractivity contribution is 6.05. The van der Waals surface area contributed by atoms with E-state index < -0.39 is 34.0 Å². The molecule has 2 N–H and O–H groups in total. The van der Waals surface area contributed by atoms with Crippen LogP contribution in [0.25, 0.3) is 5.69 Å². The van der Waals surface area contributed by atoms with Crippen LogP contribution in [0.15, 0.2) is 30.3 Å². The number of alkyl halides is 3. The van der Waals surface area contributed by atoms with Gasteiger partial charge in [0.25, 0.3) is 5.91 Å². The number of hydrogen-bond donors (Lipinski definition) is 2. The molecule has 0 radical (unpaired) electrons. The molecule has 29 heavy (non-hydrogen) atoms. The van der Waals surface area contributed by atoms with E-state index in [2.05, 4.69) is 20.6 Å². The van der Waals surface area contributed by atoms with Crippen LogP contribution in [0.2, 0.25) is 0 Å². The van der Waals surface area contributed by atoms with Gasteiger partial charge < -0.3 is 5.32 Å². The number of aryl methyl sites for hydroxylation is 2. The van der Waals surface area contributed by atoms with Crippen LogP contribution >= 0.6 is 0 Å². The van der Waals surface area contributed by atoms with Crippen molar-refractivity contribution in [3.8, 4) is 5.69 Å². The molecule has 0 bridgehead atoms. The van der Waals surface area contributed by atoms with E-state index in [1.807, 2.05) is 0 Å². The molecule has 0 saturated carbocycles. The molecular formula is C17H15F3N6O3. The second-order valence-corrected chi connectivity index (χ2v) is 6.10. The summed E-state index contributed by atoms with van der Waals surface area (Å²) in [4.78, 5) is 22.9. The molecule has 12 heteroatoms. The molecule has 0 aliphatic heterocycles. The van der Waals surface area contributed by atoms with Gasteiger partial charge in [-0.3, -0.25) is 20.0 Å². The zero-order valence-corrected chi connectivity index (χ0v) is 15.2. The Bertz CT molecular complexity index is 1090. The normalized spacial score (nSPS) is 11.5. The van der Waals surface area contributed by atoms with Gasteiger partial charge in [0.1, 0.15) is 5.69 Å². The Morgan fingerprint density at radius 3 is 2.69 bits per heavy atom. The number of halogens is 3. The molecule has 152 valence electrons. The third-order valence-electron chi connectivity index (χ3n) is 4.11. The first-order valence-electron chi connectivity index (χ1n) is 8.39. The fourth-order valence-electron chi connectivity index (χ4n) is 2.76. The van der Waals surface area contributed by atoms with Crippen LogP contribution in [0.5, 0.6) is 0 Å². The Morgan fingerprint density at radius 1 is 1.34 bits per heavy atom. The first-order valence-corrected chi connectivity index (χ1v) is 8.39. The lowest BCUT2D eigenvalue weighted by molar-refractivity contribution is -0.385. The molecule has 0 fully saturated rings. The summed E-state index contributed by atoms with van der Waals surface area (Å²) in [6.07, 6.45) is -4.23. The minimum atomic E-state index is -4.51. The number of nitro groups is 1. The highest BCUT2D eigenvalue weighted by atomic mass is 19.4. The van der Waals surface area contributed by atoms with Gasteiger partial charge >= 0.3 is 11.9 Å². The lowest BCUT2D eigenvalue weighted by Crippen LogP contribution is -2.15. The van der Waals surface area contributed by atoms with E-state index in [4.69, 9.17) is 0 Å². The van der Waals surface area contributed by atoms with Crippen molar-refractivity contribution >= 4 is 17.4 Å². The van der Waals surface area contributed by atoms with E-state index in [1.165, 1.54) is 22.9 Å². The summed E-state index contributed by atoms with van der Waals surface area (Å²) in [6.45, 7) is 3.26. The van der Waals surface area contributed by atoms with Crippen molar-refractivity contribution < 1.29 is 22.9 Å². The molecule has 0 atom stereocenters. The first kappa shape index (κ1) is 20.0. The van der Waals surface area contributed by atoms with Gasteiger partial charge in [0.15, 0.2) is 5.82 Å². The lowest BCUT2D eigenvalue weighted by Gasteiger charge is -2.09. The molecule has 9 nitrogen and oxygen atoms in total. The van der Waals surface area contributed by atoms with E-state index in [-0.39, 0.29) is 23.6 Å². The lowest BCUT2D eigenvalue weighted by atomic mass is 10.2. The van der Waals surface area contributed by atoms with Crippen LogP contribution in [-0.2, 0) is 12.6 Å². The van der Waals surface area contributed by atoms with E-state index in [0.717, 1.165) is 12.1 Å². The maximum Gasteiger partial charge on any atom is 0.416 e. The second-order valence-electron chi connectivity index (χ2n) is 6.10. The number of amides is 1. The molecule has 0 saturated heterocycles. The summed E-state index contributed by atoms with van der Waals surface area (Å²) < 4.78 is 40.0. The number of aromatic nitrogens is 4. The summed E-state index contributed by atoms with van der Waals surface area (Å²) in [5.74, 6) is -0.846. The van der Waals surface area contributed by atoms with Crippen molar-refractivity contribution in [3.63, 3.8) is 0 Å². The quantitative estimate of drug-likeness (QED) is 0.493. The van der Waals surface area contributed by atoms with Crippen molar-refractivity contribution in [3.05, 3.63) is 63.1 Å². The molecule has 0 unspecified atom stereocenters. The third-order valence-corrected chi connectivity index (χ3v) is 4.11. The minimum Gasteiger partial charge on any atom is -0.303 e. The molecular weight excluding hydrogens is 393 g/mol. The molecule has 1 aromatic carbocycles. The number of carbonyl (C=O) groups is 1. The molecule has 2 aromatic heterocycles. The second kappa shape index (κ2) is 7.37. The zero-order valence-electron chi connectivity index (χ0n) is 15.2. The van der Waals surface area contributed by atoms with Gasteiger partial charge in [-0.2, -0.15) is 18.3 Å². The molecule has 0 spiro atoms. The molecule has 2 heterocycles. The van der Waals surface area contributed by atoms with Gasteiger partial charge in [0.2, 0.25) is 5.69 Å². The molecule has 1 amide bonds. The van der Waals surface area contributed by atoms with Gasteiger partial charge in [-0.15, -0.1) is 5.10 Å². The van der Waals surface area contributed by atoms with E-state index in [0.29, 0.717) is 5.69 Å². The predicted octanol–water partition coefficient (Wildman–Crippen LogP) is 3.65. The maximum atomic E-state index is 12.9. The fraction of sp³-hybridized carbons (Fsp3) is 0.235. The van der Waals surface area contributed by atoms with Crippen LogP contribution in [0, 0.1) is 17.0 Å². The largest absolute Gasteiger partial charge is 0.416 e. The van der Waals surface area contributed by atoms with Crippen molar-refractivity contribution in [1.82, 2.24) is 20.0 Å². The van der Waals surface area contributed by atoms with Crippen LogP contribution in [0.4, 0.5) is 24.7 Å². The molecule has 0 aliphatic carbocycles. The van der Waals surface area contributed by atoms with Crippen LogP contribution in [-0.4, -0.2) is 30.8 Å². The Morgan fingerprint density at radius 2 is 2.07 bits per heavy atom. The van der Waals surface area contributed by atoms with Crippen molar-refractivity contribution in [2.24, 2.45) is 0 Å². The van der Waals surface area contributed by atoms with Crippen molar-refractivity contribution in [2.45, 2.75) is 26.4 Å². The van der Waals surface area contributed by atoms with E-state index in [9.17, 15) is 28.1 Å². The van der Waals surface area contributed by atoms with Gasteiger partial charge in [-0.1, -0.05) is 13.0 Å². The Kier molecular flexibility index (Phi) is 5.10. The Balaban J connectivity index is 1.90. The molecule has 0 aliphatic rings. The standard InChI is InChI=1S/C17H15F3N6O3/c1-3-12-15(26(28)29)14(23-22-12)16(27)21-13-7-9(2)25(24-13)11-6-4-5-10(8-11)17(18,19)20/h4-8H,3H2,1-2H3,(H,22,23)(H,21,24,27). The number of hydrogen-bond acceptors (Lipinski definition) is 5. The third kappa shape index (κ3) is 3.95. The number of nitrogens with one attached hydrogen (secondary N) is 2. The monoisotopic (exact) mass is 408 g/mol. The summed E-state index contributed by atoms with van der Waals surface area (Å²) in [7, 11) is 0. The van der Waals surface area contributed by atoms with Crippen molar-refractivity contribution in [1.29, 1.82) is 0 Å². The van der Waals surface area contributed by atoms with Crippen LogP contribution in [0.1, 0.15) is 34.4 Å². The average molecular weight is 408 g/mol. The first-order chi connectivity index (χ1) is 13.6. The summed E-state index contributed by atoms with van der Waals surface area (Å²) in [5, 5.41) is 23.8. The highest BCUT2D eigenvalue weighted by Crippen LogP contribution is 2.30. The fourth-order valence-corrected chi connectivity index (χ4v) is 2.76. The number of H-pyrrole nitrogens is 1. The summed E-state index contributed by atoms with van der Waals surface area (Å²) >= 11 is 0. The van der Waals surface area contributed by atoms with Gasteiger partial charge in [-0.25, -0.2) is 4.68 Å². The van der Waals surface area contributed by atoms with E-state index in [1.54, 1.807) is 13.8 Å². The van der Waals surface area contributed by atoms with Gasteiger partial charge in [-0.05, 0) is 31.5 Å². The molecule has 3 aromatic rings. The van der Waals surface area contributed by atoms with E-state index >= 15 is 0 Å².